The Kier molecular flexibility index (Phi) is 5.35. The zero-order valence-corrected chi connectivity index (χ0v) is 15.5. The minimum absolute atomic E-state index is 0.0615. The fourth-order valence-electron chi connectivity index (χ4n) is 2.68. The highest BCUT2D eigenvalue weighted by molar-refractivity contribution is 5.92. The summed E-state index contributed by atoms with van der Waals surface area (Å²) in [6.45, 7) is 3.90. The molecule has 0 bridgehead atoms. The molecule has 0 aliphatic carbocycles. The highest BCUT2D eigenvalue weighted by atomic mass is 16.5. The Bertz CT molecular complexity index is 1020. The lowest BCUT2D eigenvalue weighted by Crippen LogP contribution is -2.20. The molecule has 1 aromatic heterocycles. The number of nitrogens with zero attached hydrogens (tertiary/aromatic N) is 2. The summed E-state index contributed by atoms with van der Waals surface area (Å²) in [5.74, 6) is 0.467. The molecule has 0 fully saturated rings. The van der Waals surface area contributed by atoms with Gasteiger partial charge in [0, 0.05) is 24.4 Å². The maximum absolute atomic E-state index is 12.1. The standard InChI is InChI=1S/C21H21N3O3/c1-14-4-10-19(15(2)12-14)27-13-20(25)22-17-7-5-16(6-8-17)18-9-11-21(26)24(3)23-18/h4-12H,13H2,1-3H3,(H,22,25). The van der Waals surface area contributed by atoms with Crippen molar-refractivity contribution in [1.82, 2.24) is 9.78 Å². The fourth-order valence-corrected chi connectivity index (χ4v) is 2.68. The number of carbonyl (C=O) groups is 1. The number of aryl methyl sites for hydroxylation is 3. The number of rotatable bonds is 5. The maximum atomic E-state index is 12.1. The molecule has 0 unspecified atom stereocenters. The molecular formula is C21H21N3O3. The molecule has 2 aromatic carbocycles. The van der Waals surface area contributed by atoms with Crippen LogP contribution < -0.4 is 15.6 Å². The summed E-state index contributed by atoms with van der Waals surface area (Å²) >= 11 is 0. The Morgan fingerprint density at radius 1 is 1.07 bits per heavy atom. The number of nitrogens with one attached hydrogen (secondary N) is 1. The van der Waals surface area contributed by atoms with Crippen molar-refractivity contribution in [2.75, 3.05) is 11.9 Å². The molecule has 6 nitrogen and oxygen atoms in total. The van der Waals surface area contributed by atoms with Crippen LogP contribution >= 0.6 is 0 Å². The summed E-state index contributed by atoms with van der Waals surface area (Å²) in [7, 11) is 1.61. The van der Waals surface area contributed by atoms with Crippen LogP contribution in [0, 0.1) is 13.8 Å². The molecular weight excluding hydrogens is 342 g/mol. The second-order valence-electron chi connectivity index (χ2n) is 6.36. The van der Waals surface area contributed by atoms with Crippen molar-refractivity contribution in [3.8, 4) is 17.0 Å². The summed E-state index contributed by atoms with van der Waals surface area (Å²) in [6.07, 6.45) is 0. The SMILES string of the molecule is Cc1ccc(OCC(=O)Nc2ccc(-c3ccc(=O)n(C)n3)cc2)c(C)c1. The average Bonchev–Trinajstić information content (AvgIpc) is 2.64. The zero-order valence-electron chi connectivity index (χ0n) is 15.5. The molecule has 0 spiro atoms. The third-order valence-corrected chi connectivity index (χ3v) is 4.11. The van der Waals surface area contributed by atoms with Crippen molar-refractivity contribution in [3.05, 3.63) is 76.1 Å². The molecule has 138 valence electrons. The molecule has 0 aliphatic rings. The van der Waals surface area contributed by atoms with Gasteiger partial charge in [-0.15, -0.1) is 0 Å². The molecule has 0 atom stereocenters. The van der Waals surface area contributed by atoms with Crippen LogP contribution in [0.25, 0.3) is 11.3 Å². The van der Waals surface area contributed by atoms with Crippen LogP contribution in [0.15, 0.2) is 59.4 Å². The van der Waals surface area contributed by atoms with Crippen LogP contribution in [0.1, 0.15) is 11.1 Å². The van der Waals surface area contributed by atoms with Crippen molar-refractivity contribution in [2.45, 2.75) is 13.8 Å². The van der Waals surface area contributed by atoms with Crippen molar-refractivity contribution < 1.29 is 9.53 Å². The predicted octanol–water partition coefficient (Wildman–Crippen LogP) is 3.08. The smallest absolute Gasteiger partial charge is 0.266 e. The van der Waals surface area contributed by atoms with E-state index >= 15 is 0 Å². The molecule has 27 heavy (non-hydrogen) atoms. The molecule has 3 aromatic rings. The van der Waals surface area contributed by atoms with Gasteiger partial charge in [-0.3, -0.25) is 9.59 Å². The first-order valence-corrected chi connectivity index (χ1v) is 8.57. The van der Waals surface area contributed by atoms with Crippen molar-refractivity contribution in [3.63, 3.8) is 0 Å². The summed E-state index contributed by atoms with van der Waals surface area (Å²) in [5, 5.41) is 7.01. The Balaban J connectivity index is 1.61. The molecule has 0 saturated heterocycles. The highest BCUT2D eigenvalue weighted by Crippen LogP contribution is 2.20. The van der Waals surface area contributed by atoms with E-state index in [1.54, 1.807) is 25.2 Å². The molecule has 1 heterocycles. The fraction of sp³-hybridized carbons (Fsp3) is 0.190. The zero-order chi connectivity index (χ0) is 19.4. The van der Waals surface area contributed by atoms with Crippen LogP contribution in [0.5, 0.6) is 5.75 Å². The number of ether oxygens (including phenoxy) is 1. The van der Waals surface area contributed by atoms with Gasteiger partial charge >= 0.3 is 0 Å². The number of aromatic nitrogens is 2. The summed E-state index contributed by atoms with van der Waals surface area (Å²) in [5.41, 5.74) is 4.20. The van der Waals surface area contributed by atoms with E-state index in [0.29, 0.717) is 17.1 Å². The van der Waals surface area contributed by atoms with Crippen LogP contribution in [0.3, 0.4) is 0 Å². The van der Waals surface area contributed by atoms with E-state index in [4.69, 9.17) is 4.74 Å². The average molecular weight is 363 g/mol. The van der Waals surface area contributed by atoms with E-state index in [1.165, 1.54) is 10.7 Å². The first-order chi connectivity index (χ1) is 12.9. The van der Waals surface area contributed by atoms with E-state index in [1.807, 2.05) is 44.2 Å². The normalized spacial score (nSPS) is 10.5. The predicted molar refractivity (Wildman–Crippen MR) is 105 cm³/mol. The van der Waals surface area contributed by atoms with Crippen LogP contribution in [-0.2, 0) is 11.8 Å². The van der Waals surface area contributed by atoms with Gasteiger partial charge in [0.15, 0.2) is 6.61 Å². The Labute approximate surface area is 157 Å². The molecule has 0 saturated carbocycles. The molecule has 1 amide bonds. The molecule has 1 N–H and O–H groups in total. The quantitative estimate of drug-likeness (QED) is 0.756. The Morgan fingerprint density at radius 2 is 1.81 bits per heavy atom. The molecule has 0 radical (unpaired) electrons. The van der Waals surface area contributed by atoms with Gasteiger partial charge in [0.1, 0.15) is 5.75 Å². The van der Waals surface area contributed by atoms with E-state index in [0.717, 1.165) is 16.7 Å². The minimum atomic E-state index is -0.233. The third kappa shape index (κ3) is 4.61. The van der Waals surface area contributed by atoms with E-state index < -0.39 is 0 Å². The van der Waals surface area contributed by atoms with Crippen LogP contribution in [0.4, 0.5) is 5.69 Å². The molecule has 0 aliphatic heterocycles. The van der Waals surface area contributed by atoms with Crippen LogP contribution in [0.2, 0.25) is 0 Å². The maximum Gasteiger partial charge on any atom is 0.266 e. The first-order valence-electron chi connectivity index (χ1n) is 8.57. The second-order valence-corrected chi connectivity index (χ2v) is 6.36. The van der Waals surface area contributed by atoms with E-state index in [2.05, 4.69) is 10.4 Å². The van der Waals surface area contributed by atoms with Gasteiger partial charge in [0.2, 0.25) is 0 Å². The number of anilines is 1. The number of amides is 1. The lowest BCUT2D eigenvalue weighted by molar-refractivity contribution is -0.118. The lowest BCUT2D eigenvalue weighted by Gasteiger charge is -2.10. The van der Waals surface area contributed by atoms with Crippen molar-refractivity contribution in [1.29, 1.82) is 0 Å². The highest BCUT2D eigenvalue weighted by Gasteiger charge is 2.07. The summed E-state index contributed by atoms with van der Waals surface area (Å²) in [4.78, 5) is 23.5. The van der Waals surface area contributed by atoms with E-state index in [9.17, 15) is 9.59 Å². The van der Waals surface area contributed by atoms with Gasteiger partial charge in [-0.2, -0.15) is 5.10 Å². The van der Waals surface area contributed by atoms with Gasteiger partial charge in [0.05, 0.1) is 5.69 Å². The second kappa shape index (κ2) is 7.86. The van der Waals surface area contributed by atoms with E-state index in [-0.39, 0.29) is 18.1 Å². The van der Waals surface area contributed by atoms with Crippen molar-refractivity contribution >= 4 is 11.6 Å². The van der Waals surface area contributed by atoms with Gasteiger partial charge < -0.3 is 10.1 Å². The number of benzene rings is 2. The topological polar surface area (TPSA) is 73.2 Å². The van der Waals surface area contributed by atoms with Gasteiger partial charge in [-0.25, -0.2) is 4.68 Å². The van der Waals surface area contributed by atoms with Crippen LogP contribution in [-0.4, -0.2) is 22.3 Å². The van der Waals surface area contributed by atoms with Gasteiger partial charge in [-0.1, -0.05) is 29.8 Å². The Hall–Kier alpha value is -3.41. The van der Waals surface area contributed by atoms with Gasteiger partial charge in [-0.05, 0) is 43.7 Å². The third-order valence-electron chi connectivity index (χ3n) is 4.11. The molecule has 6 heteroatoms. The summed E-state index contributed by atoms with van der Waals surface area (Å²) in [6, 6.07) is 16.2. The number of carbonyl (C=O) groups excluding carboxylic acids is 1. The largest absolute Gasteiger partial charge is 0.483 e. The molecule has 3 rings (SSSR count). The summed E-state index contributed by atoms with van der Waals surface area (Å²) < 4.78 is 6.88. The first kappa shape index (κ1) is 18.4. The lowest BCUT2D eigenvalue weighted by atomic mass is 10.1. The number of hydrogen-bond acceptors (Lipinski definition) is 4. The van der Waals surface area contributed by atoms with Gasteiger partial charge in [0.25, 0.3) is 11.5 Å². The number of hydrogen-bond donors (Lipinski definition) is 1. The monoisotopic (exact) mass is 363 g/mol. The minimum Gasteiger partial charge on any atom is -0.483 e. The van der Waals surface area contributed by atoms with Crippen molar-refractivity contribution in [2.24, 2.45) is 7.05 Å². The Morgan fingerprint density at radius 3 is 2.48 bits per heavy atom.